The van der Waals surface area contributed by atoms with E-state index in [1.165, 1.54) is 7.11 Å². The van der Waals surface area contributed by atoms with Crippen molar-refractivity contribution in [2.24, 2.45) is 0 Å². The Hall–Kier alpha value is -3.73. The lowest BCUT2D eigenvalue weighted by molar-refractivity contribution is 0.0601. The smallest absolute Gasteiger partial charge is 0.337 e. The number of carbonyl (C=O) groups is 2. The highest BCUT2D eigenvalue weighted by Crippen LogP contribution is 2.25. The summed E-state index contributed by atoms with van der Waals surface area (Å²) in [6.07, 6.45) is 0.833. The van der Waals surface area contributed by atoms with Crippen molar-refractivity contribution >= 4 is 23.3 Å². The van der Waals surface area contributed by atoms with E-state index in [9.17, 15) is 9.59 Å². The quantitative estimate of drug-likeness (QED) is 0.432. The molecule has 1 N–H and O–H groups in total. The molecule has 5 nitrogen and oxygen atoms in total. The van der Waals surface area contributed by atoms with Crippen LogP contribution in [0.1, 0.15) is 20.7 Å². The molecule has 27 heavy (non-hydrogen) atoms. The molecule has 0 saturated carbocycles. The fourth-order valence-corrected chi connectivity index (χ4v) is 2.97. The number of benzene rings is 3. The molecular weight excluding hydrogens is 340 g/mol. The van der Waals surface area contributed by atoms with Crippen LogP contribution in [0.2, 0.25) is 0 Å². The fraction of sp³-hybridized carbons (Fsp3) is 0.0455. The minimum absolute atomic E-state index is 0.377. The number of aldehydes is 1. The number of carbonyl (C=O) groups excluding carboxylic acids is 2. The summed E-state index contributed by atoms with van der Waals surface area (Å²) in [5, 5.41) is 0. The van der Waals surface area contributed by atoms with E-state index >= 15 is 0 Å². The Bertz CT molecular complexity index is 1130. The summed E-state index contributed by atoms with van der Waals surface area (Å²) in [7, 11) is 1.36. The van der Waals surface area contributed by atoms with E-state index in [1.54, 1.807) is 30.3 Å². The number of aromatic amines is 1. The Morgan fingerprint density at radius 3 is 2.19 bits per heavy atom. The lowest BCUT2D eigenvalue weighted by Crippen LogP contribution is -2.00. The number of esters is 1. The largest absolute Gasteiger partial charge is 0.465 e. The van der Waals surface area contributed by atoms with Gasteiger partial charge in [-0.15, -0.1) is 0 Å². The highest BCUT2D eigenvalue weighted by atomic mass is 16.5. The summed E-state index contributed by atoms with van der Waals surface area (Å²) in [6.45, 7) is 0. The average molecular weight is 356 g/mol. The van der Waals surface area contributed by atoms with Gasteiger partial charge in [0.2, 0.25) is 0 Å². The predicted octanol–water partition coefficient (Wildman–Crippen LogP) is 4.50. The number of H-pyrrole nitrogens is 1. The number of rotatable bonds is 4. The zero-order chi connectivity index (χ0) is 18.8. The number of nitrogens with zero attached hydrogens (tertiary/aromatic N) is 1. The normalized spacial score (nSPS) is 10.7. The number of imidazole rings is 1. The van der Waals surface area contributed by atoms with Crippen molar-refractivity contribution in [1.29, 1.82) is 0 Å². The molecule has 132 valence electrons. The van der Waals surface area contributed by atoms with Crippen LogP contribution < -0.4 is 0 Å². The first-order valence-corrected chi connectivity index (χ1v) is 8.42. The van der Waals surface area contributed by atoms with Gasteiger partial charge in [-0.2, -0.15) is 0 Å². The average Bonchev–Trinajstić information content (AvgIpc) is 3.16. The van der Waals surface area contributed by atoms with Gasteiger partial charge in [0.25, 0.3) is 0 Å². The molecule has 0 atom stereocenters. The third-order valence-electron chi connectivity index (χ3n) is 4.44. The first kappa shape index (κ1) is 16.7. The van der Waals surface area contributed by atoms with E-state index < -0.39 is 0 Å². The summed E-state index contributed by atoms with van der Waals surface area (Å²) in [5.74, 6) is 0.355. The van der Waals surface area contributed by atoms with Crippen LogP contribution in [0.15, 0.2) is 66.7 Å². The molecule has 1 aromatic heterocycles. The van der Waals surface area contributed by atoms with Gasteiger partial charge < -0.3 is 9.72 Å². The Morgan fingerprint density at radius 2 is 1.56 bits per heavy atom. The molecule has 0 aliphatic carbocycles. The first-order valence-electron chi connectivity index (χ1n) is 8.42. The lowest BCUT2D eigenvalue weighted by atomic mass is 10.0. The van der Waals surface area contributed by atoms with Crippen molar-refractivity contribution in [2.75, 3.05) is 7.11 Å². The molecule has 0 aliphatic rings. The monoisotopic (exact) mass is 356 g/mol. The van der Waals surface area contributed by atoms with Gasteiger partial charge in [0.15, 0.2) is 0 Å². The van der Waals surface area contributed by atoms with Crippen LogP contribution in [0, 0.1) is 0 Å². The van der Waals surface area contributed by atoms with Crippen LogP contribution in [-0.4, -0.2) is 29.3 Å². The van der Waals surface area contributed by atoms with Crippen molar-refractivity contribution in [3.05, 3.63) is 77.9 Å². The SMILES string of the molecule is COC(=O)c1ccc2nc(-c3ccc(-c4ccc(C=O)cc4)cc3)[nH]c2c1. The number of aromatic nitrogens is 2. The van der Waals surface area contributed by atoms with Crippen LogP contribution in [0.3, 0.4) is 0 Å². The van der Waals surface area contributed by atoms with E-state index in [0.717, 1.165) is 39.8 Å². The molecular formula is C22H16N2O3. The van der Waals surface area contributed by atoms with Crippen LogP contribution in [-0.2, 0) is 4.74 Å². The number of ether oxygens (including phenoxy) is 1. The summed E-state index contributed by atoms with van der Waals surface area (Å²) in [6, 6.07) is 20.7. The number of hydrogen-bond donors (Lipinski definition) is 1. The van der Waals surface area contributed by atoms with E-state index in [4.69, 9.17) is 4.74 Å². The molecule has 3 aromatic carbocycles. The highest BCUT2D eigenvalue weighted by molar-refractivity contribution is 5.94. The van der Waals surface area contributed by atoms with Crippen LogP contribution >= 0.6 is 0 Å². The fourth-order valence-electron chi connectivity index (χ4n) is 2.97. The number of hydrogen-bond acceptors (Lipinski definition) is 4. The van der Waals surface area contributed by atoms with Gasteiger partial charge in [0.1, 0.15) is 12.1 Å². The molecule has 0 unspecified atom stereocenters. The molecule has 0 aliphatic heterocycles. The van der Waals surface area contributed by atoms with E-state index in [0.29, 0.717) is 11.1 Å². The minimum Gasteiger partial charge on any atom is -0.465 e. The van der Waals surface area contributed by atoms with Crippen LogP contribution in [0.4, 0.5) is 0 Å². The van der Waals surface area contributed by atoms with E-state index in [-0.39, 0.29) is 5.97 Å². The van der Waals surface area contributed by atoms with Crippen molar-refractivity contribution in [2.45, 2.75) is 0 Å². The molecule has 0 amide bonds. The van der Waals surface area contributed by atoms with Crippen LogP contribution in [0.25, 0.3) is 33.5 Å². The minimum atomic E-state index is -0.377. The summed E-state index contributed by atoms with van der Waals surface area (Å²) in [4.78, 5) is 30.3. The van der Waals surface area contributed by atoms with Crippen molar-refractivity contribution in [3.8, 4) is 22.5 Å². The first-order chi connectivity index (χ1) is 13.2. The lowest BCUT2D eigenvalue weighted by Gasteiger charge is -2.03. The molecule has 0 spiro atoms. The second-order valence-electron chi connectivity index (χ2n) is 6.13. The van der Waals surface area contributed by atoms with Gasteiger partial charge in [0.05, 0.1) is 23.7 Å². The maximum absolute atomic E-state index is 11.7. The third-order valence-corrected chi connectivity index (χ3v) is 4.44. The highest BCUT2D eigenvalue weighted by Gasteiger charge is 2.10. The molecule has 0 radical (unpaired) electrons. The Labute approximate surface area is 155 Å². The Kier molecular flexibility index (Phi) is 4.26. The third kappa shape index (κ3) is 3.22. The van der Waals surface area contributed by atoms with Gasteiger partial charge in [0, 0.05) is 11.1 Å². The molecule has 1 heterocycles. The molecule has 5 heteroatoms. The standard InChI is InChI=1S/C22H16N2O3/c1-27-22(26)18-10-11-19-20(12-18)24-21(23-19)17-8-6-16(7-9-17)15-4-2-14(13-25)3-5-15/h2-13H,1H3,(H,23,24). The van der Waals surface area contributed by atoms with Crippen molar-refractivity contribution < 1.29 is 14.3 Å². The maximum Gasteiger partial charge on any atom is 0.337 e. The van der Waals surface area contributed by atoms with Crippen molar-refractivity contribution in [1.82, 2.24) is 9.97 Å². The van der Waals surface area contributed by atoms with Gasteiger partial charge in [-0.05, 0) is 29.3 Å². The predicted molar refractivity (Wildman–Crippen MR) is 104 cm³/mol. The second-order valence-corrected chi connectivity index (χ2v) is 6.13. The van der Waals surface area contributed by atoms with E-state index in [2.05, 4.69) is 9.97 Å². The number of fused-ring (bicyclic) bond motifs is 1. The van der Waals surface area contributed by atoms with Crippen LogP contribution in [0.5, 0.6) is 0 Å². The molecule has 4 rings (SSSR count). The molecule has 0 bridgehead atoms. The zero-order valence-corrected chi connectivity index (χ0v) is 14.6. The molecule has 4 aromatic rings. The second kappa shape index (κ2) is 6.88. The van der Waals surface area contributed by atoms with Gasteiger partial charge in [-0.1, -0.05) is 48.5 Å². The topological polar surface area (TPSA) is 72.0 Å². The van der Waals surface area contributed by atoms with Gasteiger partial charge >= 0.3 is 5.97 Å². The van der Waals surface area contributed by atoms with Gasteiger partial charge in [-0.3, -0.25) is 4.79 Å². The maximum atomic E-state index is 11.7. The zero-order valence-electron chi connectivity index (χ0n) is 14.6. The molecule has 0 saturated heterocycles. The number of methoxy groups -OCH3 is 1. The summed E-state index contributed by atoms with van der Waals surface area (Å²) < 4.78 is 4.75. The Morgan fingerprint density at radius 1 is 0.926 bits per heavy atom. The number of nitrogens with one attached hydrogen (secondary N) is 1. The molecule has 0 fully saturated rings. The van der Waals surface area contributed by atoms with E-state index in [1.807, 2.05) is 36.4 Å². The van der Waals surface area contributed by atoms with Crippen molar-refractivity contribution in [3.63, 3.8) is 0 Å². The Balaban J connectivity index is 1.64. The van der Waals surface area contributed by atoms with Gasteiger partial charge in [-0.25, -0.2) is 9.78 Å². The summed E-state index contributed by atoms with van der Waals surface area (Å²) >= 11 is 0. The summed E-state index contributed by atoms with van der Waals surface area (Å²) in [5.41, 5.74) is 5.74.